The number of amides is 2. The summed E-state index contributed by atoms with van der Waals surface area (Å²) in [6.45, 7) is -0.0618. The van der Waals surface area contributed by atoms with Crippen molar-refractivity contribution in [1.29, 1.82) is 0 Å². The molecule has 0 spiro atoms. The van der Waals surface area contributed by atoms with E-state index in [1.54, 1.807) is 54.6 Å². The number of nitrogens with one attached hydrogen (secondary N) is 1. The highest BCUT2D eigenvalue weighted by Gasteiger charge is 2.42. The van der Waals surface area contributed by atoms with Crippen LogP contribution in [0.5, 0.6) is 0 Å². The van der Waals surface area contributed by atoms with E-state index in [-0.39, 0.29) is 36.5 Å². The van der Waals surface area contributed by atoms with E-state index in [1.165, 1.54) is 4.90 Å². The summed E-state index contributed by atoms with van der Waals surface area (Å²) in [7, 11) is 0. The number of carbonyl (C=O) groups is 2. The van der Waals surface area contributed by atoms with Crippen LogP contribution in [0.2, 0.25) is 5.02 Å². The first-order chi connectivity index (χ1) is 14.3. The number of hydrogen-bond acceptors (Lipinski definition) is 2. The lowest BCUT2D eigenvalue weighted by Gasteiger charge is -2.34. The Morgan fingerprint density at radius 3 is 2.43 bits per heavy atom. The van der Waals surface area contributed by atoms with E-state index < -0.39 is 30.0 Å². The largest absolute Gasteiger partial charge is 0.393 e. The van der Waals surface area contributed by atoms with Gasteiger partial charge in [0, 0.05) is 13.1 Å². The van der Waals surface area contributed by atoms with E-state index in [0.29, 0.717) is 12.0 Å². The number of piperidine rings is 1. The molecule has 2 atom stereocenters. The van der Waals surface area contributed by atoms with Crippen LogP contribution in [-0.2, 0) is 4.79 Å². The van der Waals surface area contributed by atoms with Crippen molar-refractivity contribution in [3.63, 3.8) is 0 Å². The second-order valence-electron chi connectivity index (χ2n) is 7.34. The molecule has 0 unspecified atom stereocenters. The monoisotopic (exact) mass is 438 g/mol. The number of likely N-dealkylation sites (tertiary alicyclic amines) is 1. The summed E-state index contributed by atoms with van der Waals surface area (Å²) >= 11 is 6.09. The molecule has 1 aliphatic heterocycles. The van der Waals surface area contributed by atoms with Gasteiger partial charge in [-0.25, -0.2) is 0 Å². The number of benzene rings is 2. The Morgan fingerprint density at radius 1 is 1.10 bits per heavy atom. The molecule has 0 saturated carbocycles. The van der Waals surface area contributed by atoms with Gasteiger partial charge in [-0.1, -0.05) is 54.1 Å². The summed E-state index contributed by atoms with van der Waals surface area (Å²) < 4.78 is 39.3. The van der Waals surface area contributed by atoms with Crippen LogP contribution in [0.25, 0.3) is 0 Å². The normalized spacial score (nSPS) is 18.0. The highest BCUT2D eigenvalue weighted by Crippen LogP contribution is 2.33. The van der Waals surface area contributed by atoms with E-state index in [4.69, 9.17) is 11.6 Å². The Morgan fingerprint density at radius 2 is 1.77 bits per heavy atom. The zero-order valence-electron chi connectivity index (χ0n) is 16.2. The first-order valence-electron chi connectivity index (χ1n) is 9.70. The fourth-order valence-corrected chi connectivity index (χ4v) is 3.82. The van der Waals surface area contributed by atoms with Gasteiger partial charge < -0.3 is 10.2 Å². The molecule has 160 valence electrons. The third-order valence-corrected chi connectivity index (χ3v) is 5.57. The number of rotatable bonds is 5. The van der Waals surface area contributed by atoms with Crippen molar-refractivity contribution in [1.82, 2.24) is 10.2 Å². The maximum Gasteiger partial charge on any atom is 0.393 e. The standard InChI is InChI=1S/C22H22ClF3N2O2/c23-18-11-5-4-10-17(18)21(30)27-19(15-7-2-1-3-8-15)13-20(29)28-12-6-9-16(14-28)22(24,25)26/h1-5,7-8,10-11,16,19H,6,9,12-14H2,(H,27,30)/t16-,19-/m1/s1. The summed E-state index contributed by atoms with van der Waals surface area (Å²) in [5.41, 5.74) is 0.957. The van der Waals surface area contributed by atoms with Gasteiger partial charge in [0.25, 0.3) is 5.91 Å². The lowest BCUT2D eigenvalue weighted by molar-refractivity contribution is -0.188. The van der Waals surface area contributed by atoms with Crippen LogP contribution in [-0.4, -0.2) is 36.0 Å². The van der Waals surface area contributed by atoms with Crippen molar-refractivity contribution in [2.45, 2.75) is 31.5 Å². The summed E-state index contributed by atoms with van der Waals surface area (Å²) in [5, 5.41) is 3.08. The van der Waals surface area contributed by atoms with Crippen molar-refractivity contribution in [2.75, 3.05) is 13.1 Å². The molecule has 3 rings (SSSR count). The third-order valence-electron chi connectivity index (χ3n) is 5.24. The van der Waals surface area contributed by atoms with Crippen molar-refractivity contribution < 1.29 is 22.8 Å². The molecule has 30 heavy (non-hydrogen) atoms. The Balaban J connectivity index is 1.76. The Kier molecular flexibility index (Phi) is 7.02. The average Bonchev–Trinajstić information content (AvgIpc) is 2.73. The smallest absolute Gasteiger partial charge is 0.345 e. The van der Waals surface area contributed by atoms with Crippen molar-refractivity contribution in [3.05, 3.63) is 70.7 Å². The molecule has 8 heteroatoms. The first-order valence-corrected chi connectivity index (χ1v) is 10.1. The molecule has 2 aromatic carbocycles. The van der Waals surface area contributed by atoms with Gasteiger partial charge in [-0.3, -0.25) is 9.59 Å². The fraction of sp³-hybridized carbons (Fsp3) is 0.364. The first kappa shape index (κ1) is 22.2. The molecule has 0 aliphatic carbocycles. The molecule has 1 saturated heterocycles. The minimum Gasteiger partial charge on any atom is -0.345 e. The van der Waals surface area contributed by atoms with Gasteiger partial charge in [0.2, 0.25) is 5.91 Å². The molecule has 1 fully saturated rings. The lowest BCUT2D eigenvalue weighted by atomic mass is 9.96. The highest BCUT2D eigenvalue weighted by atomic mass is 35.5. The minimum atomic E-state index is -4.32. The molecule has 0 bridgehead atoms. The third kappa shape index (κ3) is 5.53. The van der Waals surface area contributed by atoms with E-state index >= 15 is 0 Å². The summed E-state index contributed by atoms with van der Waals surface area (Å²) in [5.74, 6) is -2.38. The van der Waals surface area contributed by atoms with Crippen molar-refractivity contribution in [3.8, 4) is 0 Å². The number of alkyl halides is 3. The number of halogens is 4. The van der Waals surface area contributed by atoms with Gasteiger partial charge in [-0.15, -0.1) is 0 Å². The second-order valence-corrected chi connectivity index (χ2v) is 7.75. The molecular weight excluding hydrogens is 417 g/mol. The van der Waals surface area contributed by atoms with Crippen LogP contribution < -0.4 is 5.32 Å². The molecule has 4 nitrogen and oxygen atoms in total. The van der Waals surface area contributed by atoms with Gasteiger partial charge >= 0.3 is 6.18 Å². The minimum absolute atomic E-state index is 0.0264. The van der Waals surface area contributed by atoms with Gasteiger partial charge in [0.15, 0.2) is 0 Å². The van der Waals surface area contributed by atoms with Gasteiger partial charge in [-0.2, -0.15) is 13.2 Å². The Labute approximate surface area is 178 Å². The molecule has 1 N–H and O–H groups in total. The van der Waals surface area contributed by atoms with E-state index in [2.05, 4.69) is 5.32 Å². The summed E-state index contributed by atoms with van der Waals surface area (Å²) in [4.78, 5) is 26.8. The number of nitrogens with zero attached hydrogens (tertiary/aromatic N) is 1. The van der Waals surface area contributed by atoms with Gasteiger partial charge in [0.1, 0.15) is 0 Å². The number of hydrogen-bond donors (Lipinski definition) is 1. The molecule has 0 radical (unpaired) electrons. The summed E-state index contributed by atoms with van der Waals surface area (Å²) in [6.07, 6.45) is -4.13. The highest BCUT2D eigenvalue weighted by molar-refractivity contribution is 6.33. The molecule has 0 aromatic heterocycles. The predicted octanol–water partition coefficient (Wildman–Crippen LogP) is 5.00. The van der Waals surface area contributed by atoms with Crippen LogP contribution in [0.4, 0.5) is 13.2 Å². The van der Waals surface area contributed by atoms with Crippen LogP contribution in [0.3, 0.4) is 0 Å². The molecule has 1 aliphatic rings. The lowest BCUT2D eigenvalue weighted by Crippen LogP contribution is -2.45. The second kappa shape index (κ2) is 9.51. The zero-order chi connectivity index (χ0) is 21.7. The molecule has 1 heterocycles. The van der Waals surface area contributed by atoms with E-state index in [1.807, 2.05) is 0 Å². The molecule has 2 amide bonds. The van der Waals surface area contributed by atoms with Gasteiger partial charge in [0.05, 0.1) is 29.0 Å². The Hall–Kier alpha value is -2.54. The SMILES string of the molecule is O=C(N[C@H](CC(=O)N1CCC[C@@H](C(F)(F)F)C1)c1ccccc1)c1ccccc1Cl. The maximum absolute atomic E-state index is 13.1. The van der Waals surface area contributed by atoms with Crippen LogP contribution >= 0.6 is 11.6 Å². The quantitative estimate of drug-likeness (QED) is 0.714. The number of carbonyl (C=O) groups excluding carboxylic acids is 2. The van der Waals surface area contributed by atoms with E-state index in [9.17, 15) is 22.8 Å². The maximum atomic E-state index is 13.1. The van der Waals surface area contributed by atoms with E-state index in [0.717, 1.165) is 0 Å². The average molecular weight is 439 g/mol. The fourth-order valence-electron chi connectivity index (χ4n) is 3.59. The van der Waals surface area contributed by atoms with Gasteiger partial charge in [-0.05, 0) is 30.5 Å². The molecule has 2 aromatic rings. The van der Waals surface area contributed by atoms with Crippen molar-refractivity contribution >= 4 is 23.4 Å². The van der Waals surface area contributed by atoms with Crippen LogP contribution in [0, 0.1) is 5.92 Å². The summed E-state index contributed by atoms with van der Waals surface area (Å²) in [6, 6.07) is 14.7. The predicted molar refractivity (Wildman–Crippen MR) is 108 cm³/mol. The molecular formula is C22H22ClF3N2O2. The van der Waals surface area contributed by atoms with Crippen LogP contribution in [0.1, 0.15) is 41.2 Å². The topological polar surface area (TPSA) is 49.4 Å². The van der Waals surface area contributed by atoms with Crippen molar-refractivity contribution in [2.24, 2.45) is 5.92 Å². The zero-order valence-corrected chi connectivity index (χ0v) is 16.9. The van der Waals surface area contributed by atoms with Crippen LogP contribution in [0.15, 0.2) is 54.6 Å². The Bertz CT molecular complexity index is 889.